The fourth-order valence-electron chi connectivity index (χ4n) is 3.17. The van der Waals surface area contributed by atoms with E-state index in [1.54, 1.807) is 18.2 Å². The van der Waals surface area contributed by atoms with E-state index in [2.05, 4.69) is 46.3 Å². The Morgan fingerprint density at radius 1 is 1.04 bits per heavy atom. The maximum Gasteiger partial charge on any atom is 0.238 e. The summed E-state index contributed by atoms with van der Waals surface area (Å²) in [5.41, 5.74) is 3.19. The van der Waals surface area contributed by atoms with Crippen molar-refractivity contribution in [2.75, 3.05) is 38.0 Å². The Kier molecular flexibility index (Phi) is 6.54. The van der Waals surface area contributed by atoms with E-state index < -0.39 is 0 Å². The van der Waals surface area contributed by atoms with E-state index in [9.17, 15) is 4.79 Å². The highest BCUT2D eigenvalue weighted by Gasteiger charge is 2.19. The third kappa shape index (κ3) is 5.21. The Hall–Kier alpha value is -1.59. The first kappa shape index (κ1) is 19.2. The molecule has 1 N–H and O–H groups in total. The molecule has 1 amide bonds. The molecule has 1 aliphatic rings. The molecule has 4 nitrogen and oxygen atoms in total. The maximum atomic E-state index is 12.3. The van der Waals surface area contributed by atoms with Crippen molar-refractivity contribution in [2.24, 2.45) is 0 Å². The van der Waals surface area contributed by atoms with Gasteiger partial charge in [-0.2, -0.15) is 0 Å². The predicted octanol–water partition coefficient (Wildman–Crippen LogP) is 4.06. The van der Waals surface area contributed by atoms with Gasteiger partial charge in [-0.05, 0) is 24.6 Å². The van der Waals surface area contributed by atoms with Gasteiger partial charge in [0.15, 0.2) is 0 Å². The van der Waals surface area contributed by atoms with Crippen LogP contribution in [0.3, 0.4) is 0 Å². The Morgan fingerprint density at radius 3 is 2.46 bits per heavy atom. The van der Waals surface area contributed by atoms with Gasteiger partial charge in [-0.1, -0.05) is 59.1 Å². The van der Waals surface area contributed by atoms with Crippen molar-refractivity contribution < 1.29 is 4.79 Å². The average Bonchev–Trinajstić information content (AvgIpc) is 2.61. The minimum atomic E-state index is -0.0682. The molecular formula is C20H23Cl2N3O. The van der Waals surface area contributed by atoms with Gasteiger partial charge < -0.3 is 5.32 Å². The first-order valence-corrected chi connectivity index (χ1v) is 9.51. The van der Waals surface area contributed by atoms with E-state index in [4.69, 9.17) is 23.2 Å². The molecule has 0 saturated carbocycles. The Morgan fingerprint density at radius 2 is 1.73 bits per heavy atom. The van der Waals surface area contributed by atoms with Crippen LogP contribution in [0, 0.1) is 6.92 Å². The molecule has 0 atom stereocenters. The van der Waals surface area contributed by atoms with Gasteiger partial charge in [-0.15, -0.1) is 0 Å². The summed E-state index contributed by atoms with van der Waals surface area (Å²) in [6.45, 7) is 7.11. The van der Waals surface area contributed by atoms with E-state index in [1.165, 1.54) is 11.1 Å². The standard InChI is InChI=1S/C20H23Cl2N3O/c1-15-4-2-5-16(12-15)13-24-8-10-25(11-9-24)14-19(26)23-18-7-3-6-17(21)20(18)22/h2-7,12H,8-11,13-14H2,1H3,(H,23,26). The molecule has 0 unspecified atom stereocenters. The molecule has 1 saturated heterocycles. The van der Waals surface area contributed by atoms with E-state index >= 15 is 0 Å². The monoisotopic (exact) mass is 391 g/mol. The van der Waals surface area contributed by atoms with Crippen molar-refractivity contribution in [2.45, 2.75) is 13.5 Å². The quantitative estimate of drug-likeness (QED) is 0.834. The summed E-state index contributed by atoms with van der Waals surface area (Å²) >= 11 is 12.1. The molecule has 3 rings (SSSR count). The molecule has 138 valence electrons. The maximum absolute atomic E-state index is 12.3. The topological polar surface area (TPSA) is 35.6 Å². The van der Waals surface area contributed by atoms with Gasteiger partial charge in [-0.3, -0.25) is 14.6 Å². The minimum absolute atomic E-state index is 0.0682. The van der Waals surface area contributed by atoms with Crippen molar-refractivity contribution in [3.63, 3.8) is 0 Å². The second-order valence-electron chi connectivity index (χ2n) is 6.69. The van der Waals surface area contributed by atoms with Crippen molar-refractivity contribution >= 4 is 34.8 Å². The second-order valence-corrected chi connectivity index (χ2v) is 7.48. The molecule has 1 aliphatic heterocycles. The number of hydrogen-bond donors (Lipinski definition) is 1. The molecule has 0 radical (unpaired) electrons. The first-order valence-electron chi connectivity index (χ1n) is 8.75. The summed E-state index contributed by atoms with van der Waals surface area (Å²) in [6, 6.07) is 13.8. The molecule has 26 heavy (non-hydrogen) atoms. The van der Waals surface area contributed by atoms with Gasteiger partial charge in [0.2, 0.25) is 5.91 Å². The number of nitrogens with zero attached hydrogens (tertiary/aromatic N) is 2. The lowest BCUT2D eigenvalue weighted by Crippen LogP contribution is -2.48. The molecule has 0 aromatic heterocycles. The number of nitrogens with one attached hydrogen (secondary N) is 1. The normalized spacial score (nSPS) is 15.8. The van der Waals surface area contributed by atoms with Crippen LogP contribution >= 0.6 is 23.2 Å². The van der Waals surface area contributed by atoms with Gasteiger partial charge in [0.05, 0.1) is 22.3 Å². The summed E-state index contributed by atoms with van der Waals surface area (Å²) in [6.07, 6.45) is 0. The largest absolute Gasteiger partial charge is 0.324 e. The number of aryl methyl sites for hydroxylation is 1. The molecule has 2 aromatic rings. The van der Waals surface area contributed by atoms with Crippen LogP contribution in [0.25, 0.3) is 0 Å². The van der Waals surface area contributed by atoms with Crippen LogP contribution in [0.1, 0.15) is 11.1 Å². The average molecular weight is 392 g/mol. The van der Waals surface area contributed by atoms with E-state index in [-0.39, 0.29) is 5.91 Å². The van der Waals surface area contributed by atoms with Crippen LogP contribution in [0.15, 0.2) is 42.5 Å². The lowest BCUT2D eigenvalue weighted by Gasteiger charge is -2.34. The summed E-state index contributed by atoms with van der Waals surface area (Å²) in [5.74, 6) is -0.0682. The zero-order valence-corrected chi connectivity index (χ0v) is 16.4. The highest BCUT2D eigenvalue weighted by molar-refractivity contribution is 6.43. The second kappa shape index (κ2) is 8.87. The van der Waals surface area contributed by atoms with Gasteiger partial charge in [0, 0.05) is 32.7 Å². The third-order valence-corrected chi connectivity index (χ3v) is 5.37. The van der Waals surface area contributed by atoms with E-state index in [0.717, 1.165) is 32.7 Å². The summed E-state index contributed by atoms with van der Waals surface area (Å²) < 4.78 is 0. The minimum Gasteiger partial charge on any atom is -0.324 e. The van der Waals surface area contributed by atoms with Gasteiger partial charge in [0.25, 0.3) is 0 Å². The zero-order chi connectivity index (χ0) is 18.5. The number of hydrogen-bond acceptors (Lipinski definition) is 3. The van der Waals surface area contributed by atoms with Crippen LogP contribution in [0.2, 0.25) is 10.0 Å². The lowest BCUT2D eigenvalue weighted by atomic mass is 10.1. The highest BCUT2D eigenvalue weighted by atomic mass is 35.5. The Bertz CT molecular complexity index is 773. The highest BCUT2D eigenvalue weighted by Crippen LogP contribution is 2.29. The van der Waals surface area contributed by atoms with E-state index in [0.29, 0.717) is 22.3 Å². The number of anilines is 1. The van der Waals surface area contributed by atoms with Crippen LogP contribution in [-0.2, 0) is 11.3 Å². The molecule has 6 heteroatoms. The Balaban J connectivity index is 1.46. The molecule has 0 spiro atoms. The molecule has 0 bridgehead atoms. The fourth-order valence-corrected chi connectivity index (χ4v) is 3.52. The van der Waals surface area contributed by atoms with Crippen LogP contribution in [0.4, 0.5) is 5.69 Å². The molecule has 2 aromatic carbocycles. The van der Waals surface area contributed by atoms with Gasteiger partial charge >= 0.3 is 0 Å². The fraction of sp³-hybridized carbons (Fsp3) is 0.350. The molecule has 1 heterocycles. The summed E-state index contributed by atoms with van der Waals surface area (Å²) in [4.78, 5) is 16.9. The number of carbonyl (C=O) groups is 1. The predicted molar refractivity (Wildman–Crippen MR) is 108 cm³/mol. The summed E-state index contributed by atoms with van der Waals surface area (Å²) in [7, 11) is 0. The number of carbonyl (C=O) groups excluding carboxylic acids is 1. The lowest BCUT2D eigenvalue weighted by molar-refractivity contribution is -0.117. The van der Waals surface area contributed by atoms with Gasteiger partial charge in [-0.25, -0.2) is 0 Å². The van der Waals surface area contributed by atoms with Crippen molar-refractivity contribution in [1.82, 2.24) is 9.80 Å². The van der Waals surface area contributed by atoms with Gasteiger partial charge in [0.1, 0.15) is 0 Å². The van der Waals surface area contributed by atoms with Crippen LogP contribution < -0.4 is 5.32 Å². The van der Waals surface area contributed by atoms with Crippen molar-refractivity contribution in [3.8, 4) is 0 Å². The van der Waals surface area contributed by atoms with Crippen LogP contribution in [0.5, 0.6) is 0 Å². The van der Waals surface area contributed by atoms with E-state index in [1.807, 2.05) is 0 Å². The number of amides is 1. The molecule has 0 aliphatic carbocycles. The number of halogens is 2. The number of benzene rings is 2. The SMILES string of the molecule is Cc1cccc(CN2CCN(CC(=O)Nc3cccc(Cl)c3Cl)CC2)c1. The zero-order valence-electron chi connectivity index (χ0n) is 14.8. The number of rotatable bonds is 5. The summed E-state index contributed by atoms with van der Waals surface area (Å²) in [5, 5.41) is 3.66. The molecular weight excluding hydrogens is 369 g/mol. The smallest absolute Gasteiger partial charge is 0.238 e. The first-order chi connectivity index (χ1) is 12.5. The van der Waals surface area contributed by atoms with Crippen LogP contribution in [-0.4, -0.2) is 48.4 Å². The Labute approximate surface area is 164 Å². The number of piperazine rings is 1. The third-order valence-electron chi connectivity index (χ3n) is 4.55. The van der Waals surface area contributed by atoms with Crippen molar-refractivity contribution in [3.05, 3.63) is 63.6 Å². The van der Waals surface area contributed by atoms with Crippen molar-refractivity contribution in [1.29, 1.82) is 0 Å². The molecule has 1 fully saturated rings.